The molecule has 1 atom stereocenters. The van der Waals surface area contributed by atoms with E-state index in [1.54, 1.807) is 18.6 Å². The molecule has 0 saturated carbocycles. The Morgan fingerprint density at radius 2 is 2.64 bits per heavy atom. The predicted octanol–water partition coefficient (Wildman–Crippen LogP) is -0.364. The Balaban J connectivity index is 2.42. The first-order valence-electron chi connectivity index (χ1n) is 3.56. The second-order valence-electron chi connectivity index (χ2n) is 2.15. The molecule has 0 aliphatic carbocycles. The largest absolute Gasteiger partial charge is 0.374 e. The van der Waals surface area contributed by atoms with Gasteiger partial charge in [-0.25, -0.2) is 0 Å². The summed E-state index contributed by atoms with van der Waals surface area (Å²) in [6, 6.07) is -0.306. The number of carbonyl (C=O) groups is 1. The Kier molecular flexibility index (Phi) is 2.66. The molecule has 4 nitrogen and oxygen atoms in total. The Morgan fingerprint density at radius 3 is 3.18 bits per heavy atom. The average Bonchev–Trinajstić information content (AvgIpc) is 2.07. The van der Waals surface area contributed by atoms with E-state index >= 15 is 0 Å². The Labute approximate surface area is 65.4 Å². The summed E-state index contributed by atoms with van der Waals surface area (Å²) in [5.74, 6) is -0.0411. The third-order valence-corrected chi connectivity index (χ3v) is 1.30. The minimum Gasteiger partial charge on any atom is -0.374 e. The Morgan fingerprint density at radius 1 is 1.82 bits per heavy atom. The van der Waals surface area contributed by atoms with E-state index in [-0.39, 0.29) is 11.9 Å². The fourth-order valence-electron chi connectivity index (χ4n) is 0.796. The van der Waals surface area contributed by atoms with Crippen molar-refractivity contribution in [2.75, 3.05) is 6.54 Å². The molecule has 2 N–H and O–H groups in total. The fourth-order valence-corrected chi connectivity index (χ4v) is 0.796. The first-order valence-corrected chi connectivity index (χ1v) is 3.56. The van der Waals surface area contributed by atoms with Crippen LogP contribution in [0.3, 0.4) is 0 Å². The van der Waals surface area contributed by atoms with Crippen LogP contribution in [0.5, 0.6) is 0 Å². The molecular weight excluding hydrogens is 142 g/mol. The van der Waals surface area contributed by atoms with E-state index in [2.05, 4.69) is 15.6 Å². The van der Waals surface area contributed by atoms with Gasteiger partial charge in [-0.2, -0.15) is 0 Å². The van der Waals surface area contributed by atoms with E-state index in [9.17, 15) is 4.79 Å². The number of aliphatic imine (C=N–C) groups is 1. The van der Waals surface area contributed by atoms with Crippen LogP contribution in [0.4, 0.5) is 0 Å². The van der Waals surface area contributed by atoms with Gasteiger partial charge < -0.3 is 10.6 Å². The highest BCUT2D eigenvalue weighted by Gasteiger charge is 2.13. The van der Waals surface area contributed by atoms with Crippen LogP contribution < -0.4 is 10.6 Å². The highest BCUT2D eigenvalue weighted by molar-refractivity contribution is 5.98. The van der Waals surface area contributed by atoms with Gasteiger partial charge in [0.25, 0.3) is 0 Å². The third kappa shape index (κ3) is 2.07. The second-order valence-corrected chi connectivity index (χ2v) is 2.15. The van der Waals surface area contributed by atoms with E-state index in [4.69, 9.17) is 0 Å². The molecule has 0 aromatic rings. The molecule has 11 heavy (non-hydrogen) atoms. The highest BCUT2D eigenvalue weighted by Crippen LogP contribution is 1.87. The molecule has 1 aliphatic rings. The third-order valence-electron chi connectivity index (χ3n) is 1.30. The van der Waals surface area contributed by atoms with E-state index in [1.807, 2.05) is 6.92 Å². The monoisotopic (exact) mass is 153 g/mol. The SMILES string of the molecule is CCNC(=O)C1C=NC=CN1. The summed E-state index contributed by atoms with van der Waals surface area (Å²) in [5.41, 5.74) is 0. The number of rotatable bonds is 2. The topological polar surface area (TPSA) is 53.5 Å². The van der Waals surface area contributed by atoms with Gasteiger partial charge in [0.05, 0.1) is 0 Å². The van der Waals surface area contributed by atoms with Crippen LogP contribution in [0.2, 0.25) is 0 Å². The number of hydrogen-bond donors (Lipinski definition) is 2. The maximum atomic E-state index is 11.1. The quantitative estimate of drug-likeness (QED) is 0.569. The summed E-state index contributed by atoms with van der Waals surface area (Å²) >= 11 is 0. The number of likely N-dealkylation sites (N-methyl/N-ethyl adjacent to an activating group) is 1. The lowest BCUT2D eigenvalue weighted by Gasteiger charge is -2.13. The zero-order chi connectivity index (χ0) is 8.10. The summed E-state index contributed by atoms with van der Waals surface area (Å²) in [5, 5.41) is 5.55. The molecule has 1 heterocycles. The van der Waals surface area contributed by atoms with Gasteiger partial charge in [-0.15, -0.1) is 0 Å². The molecule has 0 fully saturated rings. The van der Waals surface area contributed by atoms with Crippen LogP contribution in [0, 0.1) is 0 Å². The van der Waals surface area contributed by atoms with Crippen molar-refractivity contribution in [2.45, 2.75) is 13.0 Å². The highest BCUT2D eigenvalue weighted by atomic mass is 16.2. The van der Waals surface area contributed by atoms with Crippen LogP contribution in [0.1, 0.15) is 6.92 Å². The fraction of sp³-hybridized carbons (Fsp3) is 0.429. The Bertz CT molecular complexity index is 198. The van der Waals surface area contributed by atoms with Gasteiger partial charge in [0.15, 0.2) is 0 Å². The maximum absolute atomic E-state index is 11.1. The van der Waals surface area contributed by atoms with Crippen molar-refractivity contribution in [3.05, 3.63) is 12.4 Å². The molecule has 0 radical (unpaired) electrons. The van der Waals surface area contributed by atoms with Gasteiger partial charge in [0.1, 0.15) is 6.04 Å². The average molecular weight is 153 g/mol. The van der Waals surface area contributed by atoms with E-state index in [0.29, 0.717) is 6.54 Å². The van der Waals surface area contributed by atoms with Crippen LogP contribution in [0.15, 0.2) is 17.4 Å². The van der Waals surface area contributed by atoms with Gasteiger partial charge in [-0.1, -0.05) is 0 Å². The van der Waals surface area contributed by atoms with E-state index in [0.717, 1.165) is 0 Å². The molecule has 0 aromatic carbocycles. The second kappa shape index (κ2) is 3.75. The molecule has 0 aromatic heterocycles. The van der Waals surface area contributed by atoms with Crippen LogP contribution in [0.25, 0.3) is 0 Å². The number of carbonyl (C=O) groups excluding carboxylic acids is 1. The van der Waals surface area contributed by atoms with Crippen LogP contribution in [-0.2, 0) is 4.79 Å². The molecule has 0 spiro atoms. The zero-order valence-electron chi connectivity index (χ0n) is 6.37. The van der Waals surface area contributed by atoms with E-state index < -0.39 is 0 Å². The first kappa shape index (κ1) is 7.78. The minimum atomic E-state index is -0.306. The molecule has 60 valence electrons. The molecule has 1 rings (SSSR count). The molecule has 0 saturated heterocycles. The minimum absolute atomic E-state index is 0.0411. The van der Waals surface area contributed by atoms with E-state index in [1.165, 1.54) is 0 Å². The van der Waals surface area contributed by atoms with Crippen molar-refractivity contribution in [1.82, 2.24) is 10.6 Å². The number of nitrogens with zero attached hydrogens (tertiary/aromatic N) is 1. The molecule has 0 bridgehead atoms. The van der Waals surface area contributed by atoms with Crippen LogP contribution >= 0.6 is 0 Å². The van der Waals surface area contributed by atoms with Gasteiger partial charge >= 0.3 is 0 Å². The van der Waals surface area contributed by atoms with Gasteiger partial charge in [-0.05, 0) is 6.92 Å². The molecule has 4 heteroatoms. The summed E-state index contributed by atoms with van der Waals surface area (Å²) < 4.78 is 0. The number of amides is 1. The summed E-state index contributed by atoms with van der Waals surface area (Å²) in [4.78, 5) is 14.9. The summed E-state index contributed by atoms with van der Waals surface area (Å²) in [6.45, 7) is 2.53. The van der Waals surface area contributed by atoms with Crippen molar-refractivity contribution in [3.8, 4) is 0 Å². The lowest BCUT2D eigenvalue weighted by atomic mass is 10.3. The van der Waals surface area contributed by atoms with Crippen molar-refractivity contribution in [3.63, 3.8) is 0 Å². The first-order chi connectivity index (χ1) is 5.34. The standard InChI is InChI=1S/C7H11N3O/c1-2-9-7(11)6-5-8-3-4-10-6/h3-6,10H,2H2,1H3,(H,9,11). The van der Waals surface area contributed by atoms with Crippen molar-refractivity contribution in [2.24, 2.45) is 4.99 Å². The molecule has 1 amide bonds. The van der Waals surface area contributed by atoms with Crippen LogP contribution in [-0.4, -0.2) is 24.7 Å². The smallest absolute Gasteiger partial charge is 0.248 e. The number of hydrogen-bond acceptors (Lipinski definition) is 3. The molecular formula is C7H11N3O. The predicted molar refractivity (Wildman–Crippen MR) is 43.2 cm³/mol. The summed E-state index contributed by atoms with van der Waals surface area (Å²) in [6.07, 6.45) is 4.83. The maximum Gasteiger partial charge on any atom is 0.248 e. The van der Waals surface area contributed by atoms with Crippen molar-refractivity contribution in [1.29, 1.82) is 0 Å². The van der Waals surface area contributed by atoms with Gasteiger partial charge in [0, 0.05) is 25.2 Å². The van der Waals surface area contributed by atoms with Gasteiger partial charge in [0.2, 0.25) is 5.91 Å². The Hall–Kier alpha value is -1.32. The van der Waals surface area contributed by atoms with Gasteiger partial charge in [-0.3, -0.25) is 9.79 Å². The van der Waals surface area contributed by atoms with Crippen molar-refractivity contribution >= 4 is 12.1 Å². The zero-order valence-corrected chi connectivity index (χ0v) is 6.37. The molecule has 1 aliphatic heterocycles. The normalized spacial score (nSPS) is 21.0. The lowest BCUT2D eigenvalue weighted by molar-refractivity contribution is -0.121. The summed E-state index contributed by atoms with van der Waals surface area (Å²) in [7, 11) is 0. The molecule has 1 unspecified atom stereocenters. The lowest BCUT2D eigenvalue weighted by Crippen LogP contribution is -2.43. The number of nitrogens with one attached hydrogen (secondary N) is 2. The van der Waals surface area contributed by atoms with Crippen molar-refractivity contribution < 1.29 is 4.79 Å².